The Kier molecular flexibility index (Phi) is 2.40. The van der Waals surface area contributed by atoms with Crippen LogP contribution in [0.15, 0.2) is 18.2 Å². The zero-order valence-corrected chi connectivity index (χ0v) is 8.52. The van der Waals surface area contributed by atoms with Crippen molar-refractivity contribution >= 4 is 28.8 Å². The van der Waals surface area contributed by atoms with Crippen LogP contribution in [0, 0.1) is 0 Å². The third-order valence-corrected chi connectivity index (χ3v) is 2.43. The van der Waals surface area contributed by atoms with Gasteiger partial charge in [0, 0.05) is 5.56 Å². The second kappa shape index (κ2) is 3.61. The van der Waals surface area contributed by atoms with E-state index in [1.807, 2.05) is 0 Å². The van der Waals surface area contributed by atoms with E-state index < -0.39 is 23.3 Å². The van der Waals surface area contributed by atoms with Gasteiger partial charge in [0.1, 0.15) is 0 Å². The Morgan fingerprint density at radius 2 is 2.06 bits per heavy atom. The van der Waals surface area contributed by atoms with Crippen molar-refractivity contribution in [3.63, 3.8) is 0 Å². The van der Waals surface area contributed by atoms with Crippen LogP contribution in [-0.2, 0) is 9.53 Å². The van der Waals surface area contributed by atoms with Gasteiger partial charge in [-0.2, -0.15) is 0 Å². The minimum atomic E-state index is -1.21. The number of hydrogen-bond donors (Lipinski definition) is 1. The van der Waals surface area contributed by atoms with Gasteiger partial charge in [-0.15, -0.1) is 0 Å². The summed E-state index contributed by atoms with van der Waals surface area (Å²) in [6.45, 7) is 0. The highest BCUT2D eigenvalue weighted by molar-refractivity contribution is 6.64. The molecular weight excluding hydrogens is 236 g/mol. The van der Waals surface area contributed by atoms with Crippen LogP contribution in [0.3, 0.4) is 0 Å². The number of ether oxygens (including phenoxy) is 1. The van der Waals surface area contributed by atoms with Gasteiger partial charge in [0.15, 0.2) is 0 Å². The lowest BCUT2D eigenvalue weighted by molar-refractivity contribution is -0.119. The maximum Gasteiger partial charge on any atom is 0.339 e. The van der Waals surface area contributed by atoms with E-state index in [9.17, 15) is 14.4 Å². The number of carboxylic acid groups (broad SMARTS) is 1. The Labute approximate surface area is 94.6 Å². The zero-order chi connectivity index (χ0) is 11.9. The Morgan fingerprint density at radius 1 is 1.38 bits per heavy atom. The lowest BCUT2D eigenvalue weighted by Gasteiger charge is -2.04. The van der Waals surface area contributed by atoms with Crippen LogP contribution < -0.4 is 0 Å². The van der Waals surface area contributed by atoms with Gasteiger partial charge in [-0.25, -0.2) is 9.59 Å². The average Bonchev–Trinajstić information content (AvgIpc) is 2.56. The van der Waals surface area contributed by atoms with Crippen molar-refractivity contribution in [1.29, 1.82) is 0 Å². The number of benzene rings is 1. The number of halogens is 1. The predicted octanol–water partition coefficient (Wildman–Crippen LogP) is 1.36. The van der Waals surface area contributed by atoms with Crippen LogP contribution in [0.4, 0.5) is 0 Å². The third kappa shape index (κ3) is 1.55. The molecule has 1 aromatic rings. The second-order valence-corrected chi connectivity index (χ2v) is 3.57. The van der Waals surface area contributed by atoms with Crippen molar-refractivity contribution in [1.82, 2.24) is 0 Å². The van der Waals surface area contributed by atoms with E-state index in [0.29, 0.717) is 0 Å². The largest absolute Gasteiger partial charge is 0.478 e. The van der Waals surface area contributed by atoms with E-state index in [1.54, 1.807) is 0 Å². The molecule has 0 radical (unpaired) electrons. The van der Waals surface area contributed by atoms with Gasteiger partial charge in [0.25, 0.3) is 5.24 Å². The SMILES string of the molecule is O=C(O)c1ccc2c(c1)C(C(=O)Cl)OC2=O. The number of hydrogen-bond acceptors (Lipinski definition) is 4. The maximum atomic E-state index is 11.3. The summed E-state index contributed by atoms with van der Waals surface area (Å²) in [5, 5.41) is 7.91. The van der Waals surface area contributed by atoms with Gasteiger partial charge in [-0.3, -0.25) is 4.79 Å². The molecule has 0 spiro atoms. The Bertz CT molecular complexity index is 508. The highest BCUT2D eigenvalue weighted by Crippen LogP contribution is 2.32. The van der Waals surface area contributed by atoms with Crippen molar-refractivity contribution in [2.24, 2.45) is 0 Å². The smallest absolute Gasteiger partial charge is 0.339 e. The minimum Gasteiger partial charge on any atom is -0.478 e. The fourth-order valence-electron chi connectivity index (χ4n) is 1.50. The summed E-state index contributed by atoms with van der Waals surface area (Å²) in [5.74, 6) is -1.83. The fraction of sp³-hybridized carbons (Fsp3) is 0.100. The Hall–Kier alpha value is -1.88. The van der Waals surface area contributed by atoms with Gasteiger partial charge >= 0.3 is 11.9 Å². The molecule has 1 unspecified atom stereocenters. The molecule has 0 bridgehead atoms. The van der Waals surface area contributed by atoms with Gasteiger partial charge in [-0.05, 0) is 29.8 Å². The molecule has 0 fully saturated rings. The number of fused-ring (bicyclic) bond motifs is 1. The van der Waals surface area contributed by atoms with Crippen LogP contribution in [0.1, 0.15) is 32.4 Å². The molecule has 82 valence electrons. The van der Waals surface area contributed by atoms with Crippen molar-refractivity contribution in [2.75, 3.05) is 0 Å². The summed E-state index contributed by atoms with van der Waals surface area (Å²) in [6.07, 6.45) is -1.21. The number of carbonyl (C=O) groups is 3. The number of cyclic esters (lactones) is 1. The Balaban J connectivity index is 2.56. The van der Waals surface area contributed by atoms with Gasteiger partial charge in [-0.1, -0.05) is 0 Å². The Morgan fingerprint density at radius 3 is 2.62 bits per heavy atom. The molecule has 1 atom stereocenters. The first kappa shape index (κ1) is 10.6. The normalized spacial score (nSPS) is 17.8. The first-order chi connectivity index (χ1) is 7.50. The summed E-state index contributed by atoms with van der Waals surface area (Å²) in [7, 11) is 0. The third-order valence-electron chi connectivity index (χ3n) is 2.23. The summed E-state index contributed by atoms with van der Waals surface area (Å²) < 4.78 is 4.71. The summed E-state index contributed by atoms with van der Waals surface area (Å²) in [5.41, 5.74) is 0.342. The molecule has 5 nitrogen and oxygen atoms in total. The standard InChI is InChI=1S/C10H5ClO5/c11-8(12)7-6-3-4(9(13)14)1-2-5(6)10(15)16-7/h1-3,7H,(H,13,14). The van der Waals surface area contributed by atoms with E-state index in [1.165, 1.54) is 18.2 Å². The van der Waals surface area contributed by atoms with Crippen LogP contribution in [-0.4, -0.2) is 22.3 Å². The van der Waals surface area contributed by atoms with Crippen molar-refractivity contribution in [3.05, 3.63) is 34.9 Å². The van der Waals surface area contributed by atoms with Gasteiger partial charge in [0.05, 0.1) is 11.1 Å². The molecule has 2 rings (SSSR count). The highest BCUT2D eigenvalue weighted by Gasteiger charge is 2.35. The van der Waals surface area contributed by atoms with Crippen LogP contribution in [0.25, 0.3) is 0 Å². The lowest BCUT2D eigenvalue weighted by atomic mass is 10.0. The van der Waals surface area contributed by atoms with E-state index in [2.05, 4.69) is 0 Å². The molecule has 0 aromatic heterocycles. The molecule has 16 heavy (non-hydrogen) atoms. The van der Waals surface area contributed by atoms with E-state index in [4.69, 9.17) is 21.4 Å². The molecule has 0 saturated carbocycles. The lowest BCUT2D eigenvalue weighted by Crippen LogP contribution is -2.06. The summed E-state index contributed by atoms with van der Waals surface area (Å²) in [4.78, 5) is 33.0. The predicted molar refractivity (Wildman–Crippen MR) is 52.4 cm³/mol. The van der Waals surface area contributed by atoms with E-state index >= 15 is 0 Å². The molecule has 1 aliphatic rings. The quantitative estimate of drug-likeness (QED) is 0.624. The molecule has 1 aliphatic heterocycles. The van der Waals surface area contributed by atoms with Crippen LogP contribution in [0.5, 0.6) is 0 Å². The van der Waals surface area contributed by atoms with Crippen molar-refractivity contribution < 1.29 is 24.2 Å². The van der Waals surface area contributed by atoms with Crippen LogP contribution in [0.2, 0.25) is 0 Å². The molecule has 1 heterocycles. The van der Waals surface area contributed by atoms with Crippen molar-refractivity contribution in [2.45, 2.75) is 6.10 Å². The molecular formula is C10H5ClO5. The highest BCUT2D eigenvalue weighted by atomic mass is 35.5. The minimum absolute atomic E-state index is 0.0278. The summed E-state index contributed by atoms with van der Waals surface area (Å²) in [6, 6.07) is 3.79. The number of carboxylic acids is 1. The molecule has 1 aromatic carbocycles. The number of rotatable bonds is 2. The monoisotopic (exact) mass is 240 g/mol. The maximum absolute atomic E-state index is 11.3. The first-order valence-corrected chi connectivity index (χ1v) is 4.66. The number of carbonyl (C=O) groups excluding carboxylic acids is 2. The first-order valence-electron chi connectivity index (χ1n) is 4.28. The van der Waals surface area contributed by atoms with Gasteiger partial charge in [0.2, 0.25) is 6.10 Å². The van der Waals surface area contributed by atoms with Crippen molar-refractivity contribution in [3.8, 4) is 0 Å². The summed E-state index contributed by atoms with van der Waals surface area (Å²) >= 11 is 5.25. The van der Waals surface area contributed by atoms with Gasteiger partial charge < -0.3 is 9.84 Å². The topological polar surface area (TPSA) is 80.7 Å². The average molecular weight is 241 g/mol. The van der Waals surface area contributed by atoms with Crippen LogP contribution >= 0.6 is 11.6 Å². The zero-order valence-electron chi connectivity index (χ0n) is 7.77. The number of esters is 1. The van der Waals surface area contributed by atoms with E-state index in [-0.39, 0.29) is 16.7 Å². The molecule has 0 amide bonds. The molecule has 0 aliphatic carbocycles. The second-order valence-electron chi connectivity index (χ2n) is 3.20. The molecule has 6 heteroatoms. The number of aromatic carboxylic acids is 1. The van der Waals surface area contributed by atoms with E-state index in [0.717, 1.165) is 0 Å². The molecule has 1 N–H and O–H groups in total. The fourth-order valence-corrected chi connectivity index (χ4v) is 1.66. The molecule has 0 saturated heterocycles.